The van der Waals surface area contributed by atoms with E-state index < -0.39 is 0 Å². The largest absolute Gasteiger partial charge is 0.491 e. The Morgan fingerprint density at radius 1 is 1.10 bits per heavy atom. The molecule has 1 rings (SSSR count). The van der Waals surface area contributed by atoms with Crippen molar-refractivity contribution in [1.29, 1.82) is 0 Å². The van der Waals surface area contributed by atoms with Gasteiger partial charge in [0.25, 0.3) is 0 Å². The molecule has 0 atom stereocenters. The van der Waals surface area contributed by atoms with Crippen molar-refractivity contribution in [2.75, 3.05) is 19.8 Å². The van der Waals surface area contributed by atoms with E-state index in [2.05, 4.69) is 46.0 Å². The second-order valence-corrected chi connectivity index (χ2v) is 6.44. The molecule has 0 saturated heterocycles. The molecule has 0 spiro atoms. The van der Waals surface area contributed by atoms with Crippen LogP contribution in [0.2, 0.25) is 0 Å². The number of nitrogens with one attached hydrogen (secondary N) is 1. The highest BCUT2D eigenvalue weighted by molar-refractivity contribution is 5.33. The molecule has 0 aliphatic heterocycles. The van der Waals surface area contributed by atoms with Gasteiger partial charge in [-0.15, -0.1) is 0 Å². The van der Waals surface area contributed by atoms with Crippen molar-refractivity contribution >= 4 is 0 Å². The lowest BCUT2D eigenvalue weighted by molar-refractivity contribution is -0.0164. The van der Waals surface area contributed by atoms with Crippen molar-refractivity contribution in [3.8, 4) is 5.75 Å². The maximum atomic E-state index is 5.83. The molecule has 0 amide bonds. The molecule has 0 fully saturated rings. The molecule has 0 saturated carbocycles. The maximum absolute atomic E-state index is 5.83. The zero-order chi connectivity index (χ0) is 15.0. The molecular formula is C17H29NO2. The summed E-state index contributed by atoms with van der Waals surface area (Å²) >= 11 is 0. The van der Waals surface area contributed by atoms with Crippen molar-refractivity contribution in [1.82, 2.24) is 5.32 Å². The third-order valence-corrected chi connectivity index (χ3v) is 2.72. The van der Waals surface area contributed by atoms with Crippen LogP contribution in [0.5, 0.6) is 5.75 Å². The highest BCUT2D eigenvalue weighted by Gasteiger charge is 2.10. The van der Waals surface area contributed by atoms with Gasteiger partial charge in [0.2, 0.25) is 0 Å². The minimum absolute atomic E-state index is 0.109. The molecule has 0 aromatic heterocycles. The van der Waals surface area contributed by atoms with Crippen LogP contribution < -0.4 is 10.1 Å². The number of rotatable bonds is 8. The number of hydrogen-bond acceptors (Lipinski definition) is 3. The molecule has 1 N–H and O–H groups in total. The first-order valence-corrected chi connectivity index (χ1v) is 7.44. The van der Waals surface area contributed by atoms with Gasteiger partial charge in [0.05, 0.1) is 12.2 Å². The second-order valence-electron chi connectivity index (χ2n) is 6.44. The average molecular weight is 279 g/mol. The van der Waals surface area contributed by atoms with Crippen LogP contribution in [-0.4, -0.2) is 25.4 Å². The molecule has 3 nitrogen and oxygen atoms in total. The molecule has 1 aromatic rings. The molecule has 114 valence electrons. The predicted octanol–water partition coefficient (Wildman–Crippen LogP) is 3.63. The zero-order valence-electron chi connectivity index (χ0n) is 13.5. The van der Waals surface area contributed by atoms with Crippen LogP contribution in [0, 0.1) is 5.92 Å². The smallest absolute Gasteiger partial charge is 0.123 e. The Labute approximate surface area is 123 Å². The van der Waals surface area contributed by atoms with Crippen LogP contribution in [0.25, 0.3) is 0 Å². The number of ether oxygens (including phenoxy) is 2. The summed E-state index contributed by atoms with van der Waals surface area (Å²) in [4.78, 5) is 0. The first-order valence-electron chi connectivity index (χ1n) is 7.44. The van der Waals surface area contributed by atoms with Gasteiger partial charge < -0.3 is 14.8 Å². The SMILES string of the molecule is CC(C)CNCc1ccccc1OCCOC(C)(C)C. The van der Waals surface area contributed by atoms with Crippen molar-refractivity contribution in [3.05, 3.63) is 29.8 Å². The topological polar surface area (TPSA) is 30.5 Å². The first kappa shape index (κ1) is 17.0. The Kier molecular flexibility index (Phi) is 7.03. The zero-order valence-corrected chi connectivity index (χ0v) is 13.5. The maximum Gasteiger partial charge on any atom is 0.123 e. The van der Waals surface area contributed by atoms with Crippen molar-refractivity contribution in [2.45, 2.75) is 46.8 Å². The lowest BCUT2D eigenvalue weighted by Crippen LogP contribution is -2.23. The molecule has 1 aromatic carbocycles. The summed E-state index contributed by atoms with van der Waals surface area (Å²) < 4.78 is 11.5. The molecule has 0 heterocycles. The molecule has 0 radical (unpaired) electrons. The van der Waals surface area contributed by atoms with E-state index in [4.69, 9.17) is 9.47 Å². The third kappa shape index (κ3) is 7.51. The molecular weight excluding hydrogens is 250 g/mol. The van der Waals surface area contributed by atoms with E-state index in [1.165, 1.54) is 5.56 Å². The van der Waals surface area contributed by atoms with Crippen LogP contribution in [0.4, 0.5) is 0 Å². The van der Waals surface area contributed by atoms with E-state index in [9.17, 15) is 0 Å². The quantitative estimate of drug-likeness (QED) is 0.737. The summed E-state index contributed by atoms with van der Waals surface area (Å²) in [5.41, 5.74) is 1.09. The van der Waals surface area contributed by atoms with Crippen LogP contribution in [-0.2, 0) is 11.3 Å². The van der Waals surface area contributed by atoms with Gasteiger partial charge in [-0.05, 0) is 39.3 Å². The molecule has 3 heteroatoms. The Balaban J connectivity index is 2.40. The Morgan fingerprint density at radius 2 is 1.80 bits per heavy atom. The van der Waals surface area contributed by atoms with Crippen LogP contribution >= 0.6 is 0 Å². The standard InChI is InChI=1S/C17H29NO2/c1-14(2)12-18-13-15-8-6-7-9-16(15)19-10-11-20-17(3,4)5/h6-9,14,18H,10-13H2,1-5H3. The van der Waals surface area contributed by atoms with E-state index in [0.29, 0.717) is 19.1 Å². The van der Waals surface area contributed by atoms with E-state index in [0.717, 1.165) is 18.8 Å². The fourth-order valence-corrected chi connectivity index (χ4v) is 1.79. The molecule has 0 aliphatic carbocycles. The highest BCUT2D eigenvalue weighted by atomic mass is 16.5. The van der Waals surface area contributed by atoms with Crippen molar-refractivity contribution < 1.29 is 9.47 Å². The summed E-state index contributed by atoms with van der Waals surface area (Å²) in [7, 11) is 0. The molecule has 20 heavy (non-hydrogen) atoms. The monoisotopic (exact) mass is 279 g/mol. The van der Waals surface area contributed by atoms with Crippen LogP contribution in [0.1, 0.15) is 40.2 Å². The fraction of sp³-hybridized carbons (Fsp3) is 0.647. The van der Waals surface area contributed by atoms with Crippen LogP contribution in [0.3, 0.4) is 0 Å². The van der Waals surface area contributed by atoms with Gasteiger partial charge in [-0.3, -0.25) is 0 Å². The number of para-hydroxylation sites is 1. The number of hydrogen-bond donors (Lipinski definition) is 1. The van der Waals surface area contributed by atoms with Gasteiger partial charge in [-0.2, -0.15) is 0 Å². The lowest BCUT2D eigenvalue weighted by Gasteiger charge is -2.20. The Morgan fingerprint density at radius 3 is 2.45 bits per heavy atom. The minimum atomic E-state index is -0.109. The fourth-order valence-electron chi connectivity index (χ4n) is 1.79. The molecule has 0 aliphatic rings. The van der Waals surface area contributed by atoms with E-state index in [1.807, 2.05) is 18.2 Å². The normalized spacial score (nSPS) is 11.9. The third-order valence-electron chi connectivity index (χ3n) is 2.72. The van der Waals surface area contributed by atoms with Gasteiger partial charge in [0.1, 0.15) is 12.4 Å². The molecule has 0 unspecified atom stereocenters. The molecule has 0 bridgehead atoms. The van der Waals surface area contributed by atoms with Gasteiger partial charge in [-0.25, -0.2) is 0 Å². The summed E-state index contributed by atoms with van der Waals surface area (Å²) in [6, 6.07) is 8.17. The van der Waals surface area contributed by atoms with Crippen LogP contribution in [0.15, 0.2) is 24.3 Å². The predicted molar refractivity (Wildman–Crippen MR) is 84.2 cm³/mol. The summed E-state index contributed by atoms with van der Waals surface area (Å²) in [6.07, 6.45) is 0. The second kappa shape index (κ2) is 8.28. The van der Waals surface area contributed by atoms with Gasteiger partial charge in [0, 0.05) is 12.1 Å². The van der Waals surface area contributed by atoms with Gasteiger partial charge in [-0.1, -0.05) is 32.0 Å². The van der Waals surface area contributed by atoms with E-state index in [1.54, 1.807) is 0 Å². The Bertz CT molecular complexity index is 383. The van der Waals surface area contributed by atoms with E-state index >= 15 is 0 Å². The van der Waals surface area contributed by atoms with Crippen molar-refractivity contribution in [3.63, 3.8) is 0 Å². The van der Waals surface area contributed by atoms with E-state index in [-0.39, 0.29) is 5.60 Å². The van der Waals surface area contributed by atoms with Gasteiger partial charge in [0.15, 0.2) is 0 Å². The summed E-state index contributed by atoms with van der Waals surface area (Å²) in [6.45, 7) is 13.6. The first-order chi connectivity index (χ1) is 9.38. The average Bonchev–Trinajstić information content (AvgIpc) is 2.34. The minimum Gasteiger partial charge on any atom is -0.491 e. The summed E-state index contributed by atoms with van der Waals surface area (Å²) in [5.74, 6) is 1.60. The number of benzene rings is 1. The lowest BCUT2D eigenvalue weighted by atomic mass is 10.2. The van der Waals surface area contributed by atoms with Crippen molar-refractivity contribution in [2.24, 2.45) is 5.92 Å². The summed E-state index contributed by atoms with van der Waals surface area (Å²) in [5, 5.41) is 3.44. The Hall–Kier alpha value is -1.06. The van der Waals surface area contributed by atoms with Gasteiger partial charge >= 0.3 is 0 Å². The highest BCUT2D eigenvalue weighted by Crippen LogP contribution is 2.18.